The van der Waals surface area contributed by atoms with E-state index in [1.807, 2.05) is 17.0 Å². The molecule has 1 aliphatic rings. The Kier molecular flexibility index (Phi) is 3.66. The van der Waals surface area contributed by atoms with Gasteiger partial charge in [-0.1, -0.05) is 6.07 Å². The maximum atomic E-state index is 12.2. The van der Waals surface area contributed by atoms with Crippen molar-refractivity contribution in [3.05, 3.63) is 46.4 Å². The molecule has 0 saturated carbocycles. The number of rotatable bonds is 3. The van der Waals surface area contributed by atoms with Crippen molar-refractivity contribution in [1.82, 2.24) is 14.8 Å². The van der Waals surface area contributed by atoms with Gasteiger partial charge < -0.3 is 9.88 Å². The van der Waals surface area contributed by atoms with E-state index in [1.54, 1.807) is 17.5 Å². The van der Waals surface area contributed by atoms with Gasteiger partial charge in [0.25, 0.3) is 5.91 Å². The standard InChI is InChI=1S/C14H17N3OS/c18-14(13-4-1-5-15-13)17-8-6-16(7-9-17)11-12-3-2-10-19-12/h1-5,10,15H,6-9,11H2. The number of carbonyl (C=O) groups is 1. The quantitative estimate of drug-likeness (QED) is 0.931. The Bertz CT molecular complexity index is 513. The maximum absolute atomic E-state index is 12.2. The summed E-state index contributed by atoms with van der Waals surface area (Å²) in [4.78, 5) is 20.9. The third-order valence-electron chi connectivity index (χ3n) is 3.45. The highest BCUT2D eigenvalue weighted by atomic mass is 32.1. The van der Waals surface area contributed by atoms with Gasteiger partial charge in [-0.05, 0) is 23.6 Å². The Morgan fingerprint density at radius 1 is 1.21 bits per heavy atom. The number of piperazine rings is 1. The molecule has 0 bridgehead atoms. The van der Waals surface area contributed by atoms with Gasteiger partial charge in [0, 0.05) is 43.8 Å². The molecule has 0 atom stereocenters. The van der Waals surface area contributed by atoms with Crippen LogP contribution in [0.4, 0.5) is 0 Å². The lowest BCUT2D eigenvalue weighted by molar-refractivity contribution is 0.0624. The third-order valence-corrected chi connectivity index (χ3v) is 4.31. The first kappa shape index (κ1) is 12.4. The van der Waals surface area contributed by atoms with Crippen LogP contribution in [0, 0.1) is 0 Å². The fourth-order valence-corrected chi connectivity index (χ4v) is 3.11. The monoisotopic (exact) mass is 275 g/mol. The maximum Gasteiger partial charge on any atom is 0.270 e. The number of nitrogens with one attached hydrogen (secondary N) is 1. The summed E-state index contributed by atoms with van der Waals surface area (Å²) in [7, 11) is 0. The molecule has 100 valence electrons. The van der Waals surface area contributed by atoms with Gasteiger partial charge in [-0.15, -0.1) is 11.3 Å². The van der Waals surface area contributed by atoms with Gasteiger partial charge in [0.2, 0.25) is 0 Å². The number of thiophene rings is 1. The molecule has 19 heavy (non-hydrogen) atoms. The zero-order chi connectivity index (χ0) is 13.1. The number of amides is 1. The molecule has 2 aromatic rings. The fourth-order valence-electron chi connectivity index (χ4n) is 2.37. The minimum absolute atomic E-state index is 0.112. The van der Waals surface area contributed by atoms with Crippen molar-refractivity contribution in [1.29, 1.82) is 0 Å². The van der Waals surface area contributed by atoms with Crippen molar-refractivity contribution in [3.63, 3.8) is 0 Å². The normalized spacial score (nSPS) is 16.7. The summed E-state index contributed by atoms with van der Waals surface area (Å²) in [6.45, 7) is 4.52. The summed E-state index contributed by atoms with van der Waals surface area (Å²) >= 11 is 1.79. The van der Waals surface area contributed by atoms with Gasteiger partial charge in [0.1, 0.15) is 5.69 Å². The van der Waals surface area contributed by atoms with E-state index in [4.69, 9.17) is 0 Å². The smallest absolute Gasteiger partial charge is 0.270 e. The zero-order valence-electron chi connectivity index (χ0n) is 10.7. The average molecular weight is 275 g/mol. The van der Waals surface area contributed by atoms with Gasteiger partial charge in [0.05, 0.1) is 0 Å². The number of nitrogens with zero attached hydrogens (tertiary/aromatic N) is 2. The Morgan fingerprint density at radius 3 is 2.68 bits per heavy atom. The lowest BCUT2D eigenvalue weighted by Crippen LogP contribution is -2.48. The van der Waals surface area contributed by atoms with Crippen LogP contribution >= 0.6 is 11.3 Å². The van der Waals surface area contributed by atoms with E-state index in [0.29, 0.717) is 5.69 Å². The van der Waals surface area contributed by atoms with Gasteiger partial charge >= 0.3 is 0 Å². The minimum Gasteiger partial charge on any atom is -0.357 e. The molecule has 1 saturated heterocycles. The SMILES string of the molecule is O=C(c1ccc[nH]1)N1CCN(Cc2cccs2)CC1. The van der Waals surface area contributed by atoms with Gasteiger partial charge in [-0.25, -0.2) is 0 Å². The van der Waals surface area contributed by atoms with Crippen molar-refractivity contribution in [2.24, 2.45) is 0 Å². The Labute approximate surface area is 116 Å². The highest BCUT2D eigenvalue weighted by Gasteiger charge is 2.22. The molecule has 1 N–H and O–H groups in total. The molecule has 5 heteroatoms. The molecule has 4 nitrogen and oxygen atoms in total. The van der Waals surface area contributed by atoms with E-state index in [9.17, 15) is 4.79 Å². The Balaban J connectivity index is 1.53. The first-order chi connectivity index (χ1) is 9.33. The van der Waals surface area contributed by atoms with Crippen molar-refractivity contribution in [2.45, 2.75) is 6.54 Å². The van der Waals surface area contributed by atoms with Crippen molar-refractivity contribution in [2.75, 3.05) is 26.2 Å². The first-order valence-corrected chi connectivity index (χ1v) is 7.38. The molecule has 0 radical (unpaired) electrons. The van der Waals surface area contributed by atoms with Crippen LogP contribution in [0.2, 0.25) is 0 Å². The van der Waals surface area contributed by atoms with E-state index < -0.39 is 0 Å². The number of hydrogen-bond donors (Lipinski definition) is 1. The lowest BCUT2D eigenvalue weighted by atomic mass is 10.2. The van der Waals surface area contributed by atoms with Crippen molar-refractivity contribution in [3.8, 4) is 0 Å². The largest absolute Gasteiger partial charge is 0.357 e. The molecule has 1 fully saturated rings. The van der Waals surface area contributed by atoms with Crippen LogP contribution in [0.25, 0.3) is 0 Å². The zero-order valence-corrected chi connectivity index (χ0v) is 11.5. The summed E-state index contributed by atoms with van der Waals surface area (Å²) in [6.07, 6.45) is 1.79. The van der Waals surface area contributed by atoms with E-state index in [2.05, 4.69) is 27.4 Å². The van der Waals surface area contributed by atoms with Crippen LogP contribution in [0.3, 0.4) is 0 Å². The van der Waals surface area contributed by atoms with E-state index in [-0.39, 0.29) is 5.91 Å². The summed E-state index contributed by atoms with van der Waals surface area (Å²) in [5, 5.41) is 2.11. The fraction of sp³-hybridized carbons (Fsp3) is 0.357. The second-order valence-electron chi connectivity index (χ2n) is 4.73. The van der Waals surface area contributed by atoms with Gasteiger partial charge in [-0.2, -0.15) is 0 Å². The number of aromatic amines is 1. The molecule has 1 aliphatic heterocycles. The number of carbonyl (C=O) groups excluding carboxylic acids is 1. The van der Waals surface area contributed by atoms with Crippen LogP contribution in [-0.2, 0) is 6.54 Å². The number of H-pyrrole nitrogens is 1. The van der Waals surface area contributed by atoms with Gasteiger partial charge in [-0.3, -0.25) is 9.69 Å². The average Bonchev–Trinajstić information content (AvgIpc) is 3.12. The minimum atomic E-state index is 0.112. The highest BCUT2D eigenvalue weighted by molar-refractivity contribution is 7.09. The van der Waals surface area contributed by atoms with Crippen molar-refractivity contribution < 1.29 is 4.79 Å². The number of aromatic nitrogens is 1. The van der Waals surface area contributed by atoms with Crippen LogP contribution in [0.5, 0.6) is 0 Å². The molecule has 0 unspecified atom stereocenters. The molecule has 0 aromatic carbocycles. The Morgan fingerprint density at radius 2 is 2.05 bits per heavy atom. The predicted molar refractivity (Wildman–Crippen MR) is 76.3 cm³/mol. The topological polar surface area (TPSA) is 39.3 Å². The van der Waals surface area contributed by atoms with Gasteiger partial charge in [0.15, 0.2) is 0 Å². The molecule has 0 aliphatic carbocycles. The molecule has 1 amide bonds. The highest BCUT2D eigenvalue weighted by Crippen LogP contribution is 2.14. The van der Waals surface area contributed by atoms with Crippen LogP contribution in [0.15, 0.2) is 35.8 Å². The predicted octanol–water partition coefficient (Wildman–Crippen LogP) is 2.03. The molecular weight excluding hydrogens is 258 g/mol. The first-order valence-electron chi connectivity index (χ1n) is 6.50. The van der Waals surface area contributed by atoms with Crippen molar-refractivity contribution >= 4 is 17.2 Å². The number of hydrogen-bond acceptors (Lipinski definition) is 3. The van der Waals surface area contributed by atoms with E-state index >= 15 is 0 Å². The molecule has 3 heterocycles. The Hall–Kier alpha value is -1.59. The summed E-state index contributed by atoms with van der Waals surface area (Å²) in [6, 6.07) is 7.95. The molecule has 3 rings (SSSR count). The molecular formula is C14H17N3OS. The molecule has 2 aromatic heterocycles. The third kappa shape index (κ3) is 2.88. The lowest BCUT2D eigenvalue weighted by Gasteiger charge is -2.34. The second kappa shape index (κ2) is 5.59. The van der Waals surface area contributed by atoms with Crippen LogP contribution < -0.4 is 0 Å². The van der Waals surface area contributed by atoms with Crippen LogP contribution in [-0.4, -0.2) is 46.9 Å². The summed E-state index contributed by atoms with van der Waals surface area (Å²) < 4.78 is 0. The molecule has 0 spiro atoms. The second-order valence-corrected chi connectivity index (χ2v) is 5.76. The van der Waals surface area contributed by atoms with Crippen LogP contribution in [0.1, 0.15) is 15.4 Å². The summed E-state index contributed by atoms with van der Waals surface area (Å²) in [5.41, 5.74) is 0.687. The summed E-state index contributed by atoms with van der Waals surface area (Å²) in [5.74, 6) is 0.112. The van der Waals surface area contributed by atoms with E-state index in [0.717, 1.165) is 32.7 Å². The van der Waals surface area contributed by atoms with E-state index in [1.165, 1.54) is 4.88 Å².